The van der Waals surface area contributed by atoms with Crippen LogP contribution in [-0.2, 0) is 9.59 Å². The van der Waals surface area contributed by atoms with Crippen LogP contribution in [-0.4, -0.2) is 47.5 Å². The van der Waals surface area contributed by atoms with E-state index in [4.69, 9.17) is 0 Å². The molecule has 1 aromatic rings. The lowest BCUT2D eigenvalue weighted by molar-refractivity contribution is -0.132. The highest BCUT2D eigenvalue weighted by molar-refractivity contribution is 8.01. The van der Waals surface area contributed by atoms with E-state index in [2.05, 4.69) is 0 Å². The SMILES string of the molecule is C[C@@H]1S[C@H](c2cccc(F)c2)N(CCC(=O)N(C)C)C1=O. The fourth-order valence-corrected chi connectivity index (χ4v) is 3.56. The molecule has 0 unspecified atom stereocenters. The van der Waals surface area contributed by atoms with Crippen molar-refractivity contribution in [2.75, 3.05) is 20.6 Å². The molecule has 1 heterocycles. The van der Waals surface area contributed by atoms with Gasteiger partial charge in [-0.05, 0) is 24.6 Å². The predicted octanol–water partition coefficient (Wildman–Crippen LogP) is 2.27. The van der Waals surface area contributed by atoms with E-state index in [1.165, 1.54) is 28.8 Å². The third kappa shape index (κ3) is 3.56. The van der Waals surface area contributed by atoms with Crippen LogP contribution in [0.4, 0.5) is 4.39 Å². The van der Waals surface area contributed by atoms with E-state index in [0.29, 0.717) is 6.54 Å². The van der Waals surface area contributed by atoms with E-state index < -0.39 is 0 Å². The maximum atomic E-state index is 13.4. The highest BCUT2D eigenvalue weighted by Crippen LogP contribution is 2.42. The highest BCUT2D eigenvalue weighted by Gasteiger charge is 2.38. The van der Waals surface area contributed by atoms with Crippen molar-refractivity contribution in [3.05, 3.63) is 35.6 Å². The highest BCUT2D eigenvalue weighted by atomic mass is 32.2. The Bertz CT molecular complexity index is 550. The zero-order chi connectivity index (χ0) is 15.6. The molecule has 2 amide bonds. The van der Waals surface area contributed by atoms with Crippen LogP contribution in [0.3, 0.4) is 0 Å². The van der Waals surface area contributed by atoms with Crippen molar-refractivity contribution in [3.63, 3.8) is 0 Å². The van der Waals surface area contributed by atoms with Gasteiger partial charge in [-0.2, -0.15) is 0 Å². The minimum atomic E-state index is -0.315. The lowest BCUT2D eigenvalue weighted by Crippen LogP contribution is -2.34. The second-order valence-electron chi connectivity index (χ2n) is 5.26. The van der Waals surface area contributed by atoms with Crippen molar-refractivity contribution in [1.29, 1.82) is 0 Å². The summed E-state index contributed by atoms with van der Waals surface area (Å²) < 4.78 is 13.4. The molecule has 6 heteroatoms. The lowest BCUT2D eigenvalue weighted by atomic mass is 10.2. The van der Waals surface area contributed by atoms with Gasteiger partial charge in [0.1, 0.15) is 11.2 Å². The molecule has 0 N–H and O–H groups in total. The Hall–Kier alpha value is -1.56. The Labute approximate surface area is 128 Å². The molecule has 1 aliphatic heterocycles. The van der Waals surface area contributed by atoms with Gasteiger partial charge < -0.3 is 9.80 Å². The predicted molar refractivity (Wildman–Crippen MR) is 81.2 cm³/mol. The second kappa shape index (κ2) is 6.47. The largest absolute Gasteiger partial charge is 0.349 e. The Morgan fingerprint density at radius 3 is 2.76 bits per heavy atom. The molecule has 2 atom stereocenters. The number of nitrogens with zero attached hydrogens (tertiary/aromatic N) is 2. The summed E-state index contributed by atoms with van der Waals surface area (Å²) in [5.74, 6) is -0.337. The first-order valence-corrected chi connectivity index (χ1v) is 7.76. The lowest BCUT2D eigenvalue weighted by Gasteiger charge is -2.24. The standard InChI is InChI=1S/C15H19FN2O2S/c1-10-14(20)18(8-7-13(19)17(2)3)15(21-10)11-5-4-6-12(16)9-11/h4-6,9-10,15H,7-8H2,1-3H3/t10-,15+/m0/s1. The summed E-state index contributed by atoms with van der Waals surface area (Å²) in [4.78, 5) is 27.1. The first kappa shape index (κ1) is 15.8. The molecule has 0 bridgehead atoms. The van der Waals surface area contributed by atoms with Crippen LogP contribution >= 0.6 is 11.8 Å². The number of halogens is 1. The van der Waals surface area contributed by atoms with Crippen LogP contribution in [0.15, 0.2) is 24.3 Å². The molecular weight excluding hydrogens is 291 g/mol. The summed E-state index contributed by atoms with van der Waals surface area (Å²) in [6.45, 7) is 2.20. The number of carbonyl (C=O) groups is 2. The molecule has 1 aromatic carbocycles. The smallest absolute Gasteiger partial charge is 0.236 e. The van der Waals surface area contributed by atoms with Crippen LogP contribution in [0.1, 0.15) is 24.3 Å². The van der Waals surface area contributed by atoms with Crippen LogP contribution in [0.2, 0.25) is 0 Å². The van der Waals surface area contributed by atoms with Gasteiger partial charge >= 0.3 is 0 Å². The Morgan fingerprint density at radius 1 is 1.43 bits per heavy atom. The number of benzene rings is 1. The monoisotopic (exact) mass is 310 g/mol. The van der Waals surface area contributed by atoms with Gasteiger partial charge in [-0.25, -0.2) is 4.39 Å². The summed E-state index contributed by atoms with van der Waals surface area (Å²) in [7, 11) is 3.38. The molecule has 1 fully saturated rings. The fraction of sp³-hybridized carbons (Fsp3) is 0.467. The number of hydrogen-bond donors (Lipinski definition) is 0. The number of hydrogen-bond acceptors (Lipinski definition) is 3. The fourth-order valence-electron chi connectivity index (χ4n) is 2.26. The van der Waals surface area contributed by atoms with Crippen LogP contribution in [0.25, 0.3) is 0 Å². The van der Waals surface area contributed by atoms with Crippen molar-refractivity contribution in [1.82, 2.24) is 9.80 Å². The molecule has 21 heavy (non-hydrogen) atoms. The molecule has 0 aromatic heterocycles. The number of rotatable bonds is 4. The maximum absolute atomic E-state index is 13.4. The third-order valence-electron chi connectivity index (χ3n) is 3.45. The second-order valence-corrected chi connectivity index (χ2v) is 6.68. The zero-order valence-corrected chi connectivity index (χ0v) is 13.2. The minimum Gasteiger partial charge on any atom is -0.349 e. The Balaban J connectivity index is 2.15. The molecule has 1 saturated heterocycles. The molecule has 0 aliphatic carbocycles. The van der Waals surface area contributed by atoms with Crippen molar-refractivity contribution in [2.24, 2.45) is 0 Å². The third-order valence-corrected chi connectivity index (χ3v) is 4.84. The minimum absolute atomic E-state index is 0.000757. The summed E-state index contributed by atoms with van der Waals surface area (Å²) >= 11 is 1.49. The summed E-state index contributed by atoms with van der Waals surface area (Å²) in [6.07, 6.45) is 0.276. The zero-order valence-electron chi connectivity index (χ0n) is 12.4. The summed E-state index contributed by atoms with van der Waals surface area (Å²) in [6, 6.07) is 6.28. The van der Waals surface area contributed by atoms with Crippen molar-refractivity contribution >= 4 is 23.6 Å². The Morgan fingerprint density at radius 2 is 2.14 bits per heavy atom. The molecule has 114 valence electrons. The average Bonchev–Trinajstić information content (AvgIpc) is 2.72. The first-order valence-electron chi connectivity index (χ1n) is 6.81. The van der Waals surface area contributed by atoms with Crippen molar-refractivity contribution in [3.8, 4) is 0 Å². The van der Waals surface area contributed by atoms with E-state index in [-0.39, 0.29) is 34.7 Å². The maximum Gasteiger partial charge on any atom is 0.236 e. The van der Waals surface area contributed by atoms with Crippen molar-refractivity contribution < 1.29 is 14.0 Å². The quantitative estimate of drug-likeness (QED) is 0.856. The molecule has 0 saturated carbocycles. The van der Waals surface area contributed by atoms with Crippen LogP contribution < -0.4 is 0 Å². The van der Waals surface area contributed by atoms with E-state index >= 15 is 0 Å². The van der Waals surface area contributed by atoms with E-state index in [1.807, 2.05) is 13.0 Å². The van der Waals surface area contributed by atoms with Gasteiger partial charge in [0.15, 0.2) is 0 Å². The van der Waals surface area contributed by atoms with Gasteiger partial charge in [-0.1, -0.05) is 12.1 Å². The molecule has 4 nitrogen and oxygen atoms in total. The van der Waals surface area contributed by atoms with Gasteiger partial charge in [0.2, 0.25) is 11.8 Å². The summed E-state index contributed by atoms with van der Waals surface area (Å²) in [5, 5.41) is -0.397. The number of thioether (sulfide) groups is 1. The first-order chi connectivity index (χ1) is 9.90. The van der Waals surface area contributed by atoms with E-state index in [9.17, 15) is 14.0 Å². The van der Waals surface area contributed by atoms with Crippen LogP contribution in [0, 0.1) is 5.82 Å². The van der Waals surface area contributed by atoms with Gasteiger partial charge in [0.05, 0.1) is 5.25 Å². The number of amides is 2. The van der Waals surface area contributed by atoms with E-state index in [0.717, 1.165) is 5.56 Å². The molecular formula is C15H19FN2O2S. The van der Waals surface area contributed by atoms with Gasteiger partial charge in [0.25, 0.3) is 0 Å². The normalized spacial score (nSPS) is 21.7. The van der Waals surface area contributed by atoms with E-state index in [1.54, 1.807) is 25.1 Å². The van der Waals surface area contributed by atoms with Gasteiger partial charge in [-0.15, -0.1) is 11.8 Å². The molecule has 0 radical (unpaired) electrons. The van der Waals surface area contributed by atoms with Crippen molar-refractivity contribution in [2.45, 2.75) is 24.0 Å². The molecule has 2 rings (SSSR count). The topological polar surface area (TPSA) is 40.6 Å². The number of carbonyl (C=O) groups excluding carboxylic acids is 2. The van der Waals surface area contributed by atoms with Crippen LogP contribution in [0.5, 0.6) is 0 Å². The molecule has 0 spiro atoms. The van der Waals surface area contributed by atoms with Gasteiger partial charge in [0, 0.05) is 27.1 Å². The Kier molecular flexibility index (Phi) is 4.88. The molecule has 1 aliphatic rings. The van der Waals surface area contributed by atoms with Gasteiger partial charge in [-0.3, -0.25) is 9.59 Å². The summed E-state index contributed by atoms with van der Waals surface area (Å²) in [5.41, 5.74) is 0.759. The average molecular weight is 310 g/mol.